The van der Waals surface area contributed by atoms with Crippen LogP contribution >= 0.6 is 0 Å². The maximum Gasteiger partial charge on any atom is 0.223 e. The monoisotopic (exact) mass is 315 g/mol. The first-order valence-corrected chi connectivity index (χ1v) is 7.86. The van der Waals surface area contributed by atoms with Gasteiger partial charge in [0.25, 0.3) is 0 Å². The molecule has 1 atom stereocenters. The first-order valence-electron chi connectivity index (χ1n) is 7.86. The minimum absolute atomic E-state index is 0.0816. The molecule has 0 saturated heterocycles. The normalized spacial score (nSPS) is 11.7. The Morgan fingerprint density at radius 3 is 2.57 bits per heavy atom. The lowest BCUT2D eigenvalue weighted by atomic mass is 10.1. The van der Waals surface area contributed by atoms with Crippen LogP contribution in [0.25, 0.3) is 0 Å². The highest BCUT2D eigenvalue weighted by molar-refractivity contribution is 5.76. The highest BCUT2D eigenvalue weighted by Crippen LogP contribution is 2.15. The lowest BCUT2D eigenvalue weighted by Crippen LogP contribution is -2.33. The third kappa shape index (κ3) is 6.10. The molecule has 0 fully saturated rings. The van der Waals surface area contributed by atoms with Crippen molar-refractivity contribution >= 4 is 5.91 Å². The predicted octanol–water partition coefficient (Wildman–Crippen LogP) is 3.73. The number of halogens is 1. The molecule has 0 heterocycles. The number of carbonyl (C=O) groups excluding carboxylic acids is 1. The SMILES string of the molecule is CC(CCc1ccccc1)NC(=O)CCOc1ccccc1F. The molecule has 0 aromatic heterocycles. The van der Waals surface area contributed by atoms with Crippen LogP contribution in [0.4, 0.5) is 4.39 Å². The number of rotatable bonds is 8. The van der Waals surface area contributed by atoms with Gasteiger partial charge in [0.1, 0.15) is 0 Å². The van der Waals surface area contributed by atoms with Crippen LogP contribution in [0.2, 0.25) is 0 Å². The summed E-state index contributed by atoms with van der Waals surface area (Å²) in [4.78, 5) is 11.9. The molecule has 2 aromatic carbocycles. The fourth-order valence-corrected chi connectivity index (χ4v) is 2.26. The van der Waals surface area contributed by atoms with E-state index < -0.39 is 5.82 Å². The van der Waals surface area contributed by atoms with Crippen LogP contribution in [0, 0.1) is 5.82 Å². The molecule has 0 spiro atoms. The highest BCUT2D eigenvalue weighted by Gasteiger charge is 2.08. The van der Waals surface area contributed by atoms with Gasteiger partial charge in [-0.15, -0.1) is 0 Å². The van der Waals surface area contributed by atoms with Crippen molar-refractivity contribution in [3.63, 3.8) is 0 Å². The van der Waals surface area contributed by atoms with E-state index in [0.717, 1.165) is 12.8 Å². The Labute approximate surface area is 136 Å². The molecule has 4 heteroatoms. The van der Waals surface area contributed by atoms with E-state index in [0.29, 0.717) is 0 Å². The van der Waals surface area contributed by atoms with Crippen molar-refractivity contribution < 1.29 is 13.9 Å². The van der Waals surface area contributed by atoms with Gasteiger partial charge in [0, 0.05) is 6.04 Å². The Hall–Kier alpha value is -2.36. The van der Waals surface area contributed by atoms with E-state index in [-0.39, 0.29) is 30.7 Å². The second kappa shape index (κ2) is 8.93. The predicted molar refractivity (Wildman–Crippen MR) is 88.9 cm³/mol. The summed E-state index contributed by atoms with van der Waals surface area (Å²) in [6.07, 6.45) is 2.02. The number of para-hydroxylation sites is 1. The first-order chi connectivity index (χ1) is 11.1. The number of ether oxygens (including phenoxy) is 1. The molecular formula is C19H22FNO2. The Bertz CT molecular complexity index is 616. The number of benzene rings is 2. The van der Waals surface area contributed by atoms with E-state index in [2.05, 4.69) is 17.4 Å². The first kappa shape index (κ1) is 17.0. The molecule has 0 bridgehead atoms. The van der Waals surface area contributed by atoms with Crippen LogP contribution in [0.15, 0.2) is 54.6 Å². The van der Waals surface area contributed by atoms with Crippen molar-refractivity contribution in [1.29, 1.82) is 0 Å². The molecule has 122 valence electrons. The molecule has 1 N–H and O–H groups in total. The van der Waals surface area contributed by atoms with Gasteiger partial charge in [0.15, 0.2) is 11.6 Å². The Balaban J connectivity index is 1.65. The maximum atomic E-state index is 13.4. The zero-order valence-electron chi connectivity index (χ0n) is 13.3. The van der Waals surface area contributed by atoms with Crippen molar-refractivity contribution in [3.8, 4) is 5.75 Å². The molecule has 2 rings (SSSR count). The smallest absolute Gasteiger partial charge is 0.223 e. The van der Waals surface area contributed by atoms with Gasteiger partial charge in [-0.25, -0.2) is 4.39 Å². The number of amides is 1. The van der Waals surface area contributed by atoms with E-state index in [1.54, 1.807) is 18.2 Å². The molecule has 23 heavy (non-hydrogen) atoms. The van der Waals surface area contributed by atoms with Gasteiger partial charge in [0.2, 0.25) is 5.91 Å². The van der Waals surface area contributed by atoms with Gasteiger partial charge in [-0.2, -0.15) is 0 Å². The highest BCUT2D eigenvalue weighted by atomic mass is 19.1. The van der Waals surface area contributed by atoms with Crippen LogP contribution in [-0.2, 0) is 11.2 Å². The molecular weight excluding hydrogens is 293 g/mol. The third-order valence-electron chi connectivity index (χ3n) is 3.54. The van der Waals surface area contributed by atoms with E-state index in [4.69, 9.17) is 4.74 Å². The Kier molecular flexibility index (Phi) is 6.60. The zero-order valence-corrected chi connectivity index (χ0v) is 13.3. The average molecular weight is 315 g/mol. The Morgan fingerprint density at radius 2 is 1.83 bits per heavy atom. The molecule has 0 radical (unpaired) electrons. The summed E-state index contributed by atoms with van der Waals surface area (Å²) in [7, 11) is 0. The van der Waals surface area contributed by atoms with Crippen LogP contribution in [0.3, 0.4) is 0 Å². The quantitative estimate of drug-likeness (QED) is 0.806. The minimum atomic E-state index is -0.413. The molecule has 0 saturated carbocycles. The number of carbonyl (C=O) groups is 1. The van der Waals surface area contributed by atoms with Crippen LogP contribution in [-0.4, -0.2) is 18.6 Å². The van der Waals surface area contributed by atoms with Gasteiger partial charge >= 0.3 is 0 Å². The van der Waals surface area contributed by atoms with Gasteiger partial charge in [-0.05, 0) is 37.5 Å². The van der Waals surface area contributed by atoms with Crippen molar-refractivity contribution in [2.75, 3.05) is 6.61 Å². The van der Waals surface area contributed by atoms with Crippen molar-refractivity contribution in [3.05, 3.63) is 66.0 Å². The number of hydrogen-bond acceptors (Lipinski definition) is 2. The second-order valence-electron chi connectivity index (χ2n) is 5.52. The topological polar surface area (TPSA) is 38.3 Å². The lowest BCUT2D eigenvalue weighted by Gasteiger charge is -2.14. The maximum absolute atomic E-state index is 13.4. The zero-order chi connectivity index (χ0) is 16.5. The number of nitrogens with one attached hydrogen (secondary N) is 1. The van der Waals surface area contributed by atoms with Crippen LogP contribution in [0.5, 0.6) is 5.75 Å². The van der Waals surface area contributed by atoms with Crippen LogP contribution < -0.4 is 10.1 Å². The second-order valence-corrected chi connectivity index (χ2v) is 5.52. The van der Waals surface area contributed by atoms with Crippen LogP contribution in [0.1, 0.15) is 25.3 Å². The summed E-state index contributed by atoms with van der Waals surface area (Å²) in [6.45, 7) is 2.15. The standard InChI is InChI=1S/C19H22FNO2/c1-15(11-12-16-7-3-2-4-8-16)21-19(22)13-14-23-18-10-6-5-9-17(18)20/h2-10,15H,11-14H2,1H3,(H,21,22). The summed E-state index contributed by atoms with van der Waals surface area (Å²) in [5.41, 5.74) is 1.26. The van der Waals surface area contributed by atoms with Gasteiger partial charge < -0.3 is 10.1 Å². The largest absolute Gasteiger partial charge is 0.490 e. The van der Waals surface area contributed by atoms with Crippen molar-refractivity contribution in [2.24, 2.45) is 0 Å². The summed E-state index contributed by atoms with van der Waals surface area (Å²) >= 11 is 0. The van der Waals surface area contributed by atoms with E-state index >= 15 is 0 Å². The summed E-state index contributed by atoms with van der Waals surface area (Å²) in [5, 5.41) is 2.94. The average Bonchev–Trinajstić information content (AvgIpc) is 2.56. The van der Waals surface area contributed by atoms with Crippen molar-refractivity contribution in [1.82, 2.24) is 5.32 Å². The molecule has 0 aliphatic heterocycles. The lowest BCUT2D eigenvalue weighted by molar-refractivity contribution is -0.122. The molecule has 0 aliphatic carbocycles. The fourth-order valence-electron chi connectivity index (χ4n) is 2.26. The molecule has 0 aliphatic rings. The third-order valence-corrected chi connectivity index (χ3v) is 3.54. The van der Waals surface area contributed by atoms with Gasteiger partial charge in [-0.1, -0.05) is 42.5 Å². The summed E-state index contributed by atoms with van der Waals surface area (Å²) in [6, 6.07) is 16.5. The Morgan fingerprint density at radius 1 is 1.13 bits per heavy atom. The fraction of sp³-hybridized carbons (Fsp3) is 0.316. The minimum Gasteiger partial charge on any atom is -0.490 e. The number of aryl methyl sites for hydroxylation is 1. The summed E-state index contributed by atoms with van der Waals surface area (Å²) in [5.74, 6) is -0.316. The molecule has 1 unspecified atom stereocenters. The molecule has 2 aromatic rings. The number of hydrogen-bond donors (Lipinski definition) is 1. The van der Waals surface area contributed by atoms with E-state index in [9.17, 15) is 9.18 Å². The van der Waals surface area contributed by atoms with Crippen molar-refractivity contribution in [2.45, 2.75) is 32.2 Å². The summed E-state index contributed by atoms with van der Waals surface area (Å²) < 4.78 is 18.6. The van der Waals surface area contributed by atoms with E-state index in [1.807, 2.05) is 25.1 Å². The van der Waals surface area contributed by atoms with E-state index in [1.165, 1.54) is 11.6 Å². The van der Waals surface area contributed by atoms with Gasteiger partial charge in [-0.3, -0.25) is 4.79 Å². The van der Waals surface area contributed by atoms with Gasteiger partial charge in [0.05, 0.1) is 13.0 Å². The molecule has 1 amide bonds. The molecule has 3 nitrogen and oxygen atoms in total.